The second kappa shape index (κ2) is 9.25. The zero-order valence-corrected chi connectivity index (χ0v) is 17.6. The summed E-state index contributed by atoms with van der Waals surface area (Å²) < 4.78 is 1.06. The van der Waals surface area contributed by atoms with E-state index in [0.29, 0.717) is 29.9 Å². The van der Waals surface area contributed by atoms with Crippen LogP contribution in [0.5, 0.6) is 5.88 Å². The second-order valence-electron chi connectivity index (χ2n) is 6.91. The number of benzene rings is 2. The molecule has 0 radical (unpaired) electrons. The predicted molar refractivity (Wildman–Crippen MR) is 121 cm³/mol. The first-order valence-corrected chi connectivity index (χ1v) is 9.98. The zero-order valence-electron chi connectivity index (χ0n) is 17.6. The third kappa shape index (κ3) is 4.48. The fourth-order valence-corrected chi connectivity index (χ4v) is 3.20. The van der Waals surface area contributed by atoms with Crippen molar-refractivity contribution >= 4 is 23.0 Å². The van der Waals surface area contributed by atoms with Gasteiger partial charge in [0.15, 0.2) is 0 Å². The molecule has 8 heteroatoms. The highest BCUT2D eigenvalue weighted by atomic mass is 16.3. The minimum Gasteiger partial charge on any atom is -0.493 e. The maximum atomic E-state index is 12.6. The van der Waals surface area contributed by atoms with Gasteiger partial charge in [-0.2, -0.15) is 0 Å². The monoisotopic (exact) mass is 420 g/mol. The number of nitrogens with zero attached hydrogens (tertiary/aromatic N) is 2. The standard InChI is InChI=1S/C23H24N4O4/c1-4-15(24-16-11-7-8-12-17(16)25-19(28)5-2)20-21(29)26-23(31)27(22(20)30)18-13-9-6-10-14(18)3/h6-13,30H,4-5H2,1-3H3,(H,25,28)(H,26,29,31). The smallest absolute Gasteiger partial charge is 0.335 e. The zero-order chi connectivity index (χ0) is 22.5. The van der Waals surface area contributed by atoms with Crippen LogP contribution in [0.25, 0.3) is 5.69 Å². The van der Waals surface area contributed by atoms with E-state index in [4.69, 9.17) is 0 Å². The molecule has 3 aromatic rings. The van der Waals surface area contributed by atoms with Gasteiger partial charge in [0.05, 0.1) is 22.8 Å². The summed E-state index contributed by atoms with van der Waals surface area (Å²) in [5.74, 6) is -0.659. The minimum atomic E-state index is -0.744. The SMILES string of the molecule is CCC(=O)Nc1ccccc1N=C(CC)c1c(O)n(-c2ccccc2C)c(=O)[nH]c1=O. The number of aryl methyl sites for hydroxylation is 1. The lowest BCUT2D eigenvalue weighted by Gasteiger charge is -2.14. The van der Waals surface area contributed by atoms with Gasteiger partial charge < -0.3 is 10.4 Å². The number of nitrogens with one attached hydrogen (secondary N) is 2. The van der Waals surface area contributed by atoms with Crippen molar-refractivity contribution in [1.29, 1.82) is 0 Å². The van der Waals surface area contributed by atoms with Gasteiger partial charge in [0.25, 0.3) is 5.56 Å². The van der Waals surface area contributed by atoms with E-state index in [9.17, 15) is 19.5 Å². The van der Waals surface area contributed by atoms with Crippen molar-refractivity contribution in [2.75, 3.05) is 5.32 Å². The van der Waals surface area contributed by atoms with Crippen LogP contribution < -0.4 is 16.6 Å². The third-order valence-electron chi connectivity index (χ3n) is 4.82. The largest absolute Gasteiger partial charge is 0.493 e. The number of carbonyl (C=O) groups excluding carboxylic acids is 1. The number of aromatic nitrogens is 2. The molecule has 0 bridgehead atoms. The van der Waals surface area contributed by atoms with Crippen LogP contribution in [0.2, 0.25) is 0 Å². The number of aromatic amines is 1. The van der Waals surface area contributed by atoms with Gasteiger partial charge in [-0.3, -0.25) is 19.6 Å². The molecule has 2 aromatic carbocycles. The van der Waals surface area contributed by atoms with Gasteiger partial charge in [-0.25, -0.2) is 9.36 Å². The van der Waals surface area contributed by atoms with Crippen molar-refractivity contribution in [3.63, 3.8) is 0 Å². The molecule has 0 aliphatic carbocycles. The summed E-state index contributed by atoms with van der Waals surface area (Å²) in [6, 6.07) is 13.9. The molecule has 1 heterocycles. The van der Waals surface area contributed by atoms with Gasteiger partial charge in [0.1, 0.15) is 5.56 Å². The molecule has 0 unspecified atom stereocenters. The average molecular weight is 420 g/mol. The Morgan fingerprint density at radius 2 is 1.74 bits per heavy atom. The number of anilines is 1. The molecule has 160 valence electrons. The lowest BCUT2D eigenvalue weighted by atomic mass is 10.1. The van der Waals surface area contributed by atoms with Crippen LogP contribution in [0.4, 0.5) is 11.4 Å². The number of para-hydroxylation sites is 3. The number of hydrogen-bond acceptors (Lipinski definition) is 5. The van der Waals surface area contributed by atoms with Crippen LogP contribution >= 0.6 is 0 Å². The van der Waals surface area contributed by atoms with Crippen LogP contribution in [0, 0.1) is 6.92 Å². The Morgan fingerprint density at radius 3 is 2.42 bits per heavy atom. The predicted octanol–water partition coefficient (Wildman–Crippen LogP) is 3.42. The van der Waals surface area contributed by atoms with E-state index >= 15 is 0 Å². The molecule has 0 atom stereocenters. The maximum Gasteiger partial charge on any atom is 0.335 e. The first kappa shape index (κ1) is 21.8. The molecule has 3 N–H and O–H groups in total. The Kier molecular flexibility index (Phi) is 6.49. The molecule has 0 fully saturated rings. The summed E-state index contributed by atoms with van der Waals surface area (Å²) in [4.78, 5) is 43.8. The van der Waals surface area contributed by atoms with E-state index in [1.807, 2.05) is 6.07 Å². The lowest BCUT2D eigenvalue weighted by Crippen LogP contribution is -2.33. The molecular formula is C23H24N4O4. The molecule has 0 spiro atoms. The summed E-state index contributed by atoms with van der Waals surface area (Å²) >= 11 is 0. The Balaban J connectivity index is 2.22. The summed E-state index contributed by atoms with van der Waals surface area (Å²) in [7, 11) is 0. The second-order valence-corrected chi connectivity index (χ2v) is 6.91. The molecule has 0 saturated heterocycles. The minimum absolute atomic E-state index is 0.0954. The fraction of sp³-hybridized carbons (Fsp3) is 0.217. The first-order valence-electron chi connectivity index (χ1n) is 9.98. The van der Waals surface area contributed by atoms with E-state index in [1.165, 1.54) is 0 Å². The van der Waals surface area contributed by atoms with Gasteiger partial charge in [0, 0.05) is 6.42 Å². The summed E-state index contributed by atoms with van der Waals surface area (Å²) in [5.41, 5.74) is 0.835. The summed E-state index contributed by atoms with van der Waals surface area (Å²) in [6.07, 6.45) is 0.610. The Labute approximate surface area is 178 Å². The van der Waals surface area contributed by atoms with E-state index < -0.39 is 17.1 Å². The number of aliphatic imine (C=N–C) groups is 1. The Morgan fingerprint density at radius 1 is 1.06 bits per heavy atom. The highest BCUT2D eigenvalue weighted by molar-refractivity contribution is 6.04. The average Bonchev–Trinajstić information content (AvgIpc) is 2.75. The van der Waals surface area contributed by atoms with Gasteiger partial charge in [0.2, 0.25) is 11.8 Å². The van der Waals surface area contributed by atoms with Crippen molar-refractivity contribution in [3.05, 3.63) is 80.5 Å². The molecule has 3 rings (SSSR count). The van der Waals surface area contributed by atoms with Crippen molar-refractivity contribution in [2.45, 2.75) is 33.6 Å². The molecule has 0 aliphatic heterocycles. The Bertz CT molecular complexity index is 1270. The highest BCUT2D eigenvalue weighted by Crippen LogP contribution is 2.27. The van der Waals surface area contributed by atoms with Crippen molar-refractivity contribution in [3.8, 4) is 11.6 Å². The van der Waals surface area contributed by atoms with Gasteiger partial charge in [-0.15, -0.1) is 0 Å². The van der Waals surface area contributed by atoms with Crippen LogP contribution in [0.15, 0.2) is 63.1 Å². The number of hydrogen-bond donors (Lipinski definition) is 3. The van der Waals surface area contributed by atoms with Crippen molar-refractivity contribution in [1.82, 2.24) is 9.55 Å². The quantitative estimate of drug-likeness (QED) is 0.530. The van der Waals surface area contributed by atoms with Crippen LogP contribution in [-0.2, 0) is 4.79 Å². The van der Waals surface area contributed by atoms with Gasteiger partial charge >= 0.3 is 5.69 Å². The van der Waals surface area contributed by atoms with Crippen molar-refractivity contribution in [2.24, 2.45) is 4.99 Å². The van der Waals surface area contributed by atoms with Crippen LogP contribution in [0.3, 0.4) is 0 Å². The number of aromatic hydroxyl groups is 1. The van der Waals surface area contributed by atoms with Gasteiger partial charge in [-0.1, -0.05) is 44.2 Å². The third-order valence-corrected chi connectivity index (χ3v) is 4.82. The molecule has 8 nitrogen and oxygen atoms in total. The normalized spacial score (nSPS) is 11.4. The lowest BCUT2D eigenvalue weighted by molar-refractivity contribution is -0.115. The molecule has 0 aliphatic rings. The van der Waals surface area contributed by atoms with E-state index in [0.717, 1.165) is 10.1 Å². The van der Waals surface area contributed by atoms with Gasteiger partial charge in [-0.05, 0) is 37.1 Å². The topological polar surface area (TPSA) is 117 Å². The molecule has 1 amide bonds. The molecule has 31 heavy (non-hydrogen) atoms. The summed E-state index contributed by atoms with van der Waals surface area (Å²) in [5, 5.41) is 13.7. The number of amides is 1. The van der Waals surface area contributed by atoms with E-state index in [1.54, 1.807) is 63.2 Å². The van der Waals surface area contributed by atoms with E-state index in [2.05, 4.69) is 15.3 Å². The van der Waals surface area contributed by atoms with E-state index in [-0.39, 0.29) is 17.2 Å². The fourth-order valence-electron chi connectivity index (χ4n) is 3.20. The summed E-state index contributed by atoms with van der Waals surface area (Å²) in [6.45, 7) is 5.33. The van der Waals surface area contributed by atoms with Crippen LogP contribution in [0.1, 0.15) is 37.8 Å². The van der Waals surface area contributed by atoms with Crippen molar-refractivity contribution < 1.29 is 9.90 Å². The highest BCUT2D eigenvalue weighted by Gasteiger charge is 2.20. The molecular weight excluding hydrogens is 396 g/mol. The number of rotatable bonds is 6. The van der Waals surface area contributed by atoms with Crippen LogP contribution in [-0.4, -0.2) is 26.3 Å². The molecule has 1 aromatic heterocycles. The number of H-pyrrole nitrogens is 1. The first-order chi connectivity index (χ1) is 14.9. The maximum absolute atomic E-state index is 12.6. The Hall–Kier alpha value is -3.94. The molecule has 0 saturated carbocycles. The number of carbonyl (C=O) groups is 1.